The molecule has 0 bridgehead atoms. The second kappa shape index (κ2) is 6.14. The maximum Gasteiger partial charge on any atom is 0.226 e. The summed E-state index contributed by atoms with van der Waals surface area (Å²) in [5, 5.41) is 7.95. The Morgan fingerprint density at radius 2 is 2.09 bits per heavy atom. The van der Waals surface area contributed by atoms with E-state index in [0.29, 0.717) is 18.1 Å². The number of aryl methyl sites for hydroxylation is 3. The molecular weight excluding hydrogens is 296 g/mol. The molecule has 2 aromatic rings. The number of carbonyl (C=O) groups excluding carboxylic acids is 1. The standard InChI is InChI=1S/C16H22N4O3/c1-9(8-13-10(2)18-22-11(13)3)16(21)20-7-5-6-14(20)15-17-12(4)23-19-15/h9,14H,5-8H2,1-4H3/t9-,14+/m0/s1. The molecule has 0 spiro atoms. The number of rotatable bonds is 4. The minimum Gasteiger partial charge on any atom is -0.361 e. The lowest BCUT2D eigenvalue weighted by molar-refractivity contribution is -0.136. The molecule has 23 heavy (non-hydrogen) atoms. The van der Waals surface area contributed by atoms with Crippen LogP contribution in [0.1, 0.15) is 54.5 Å². The fourth-order valence-electron chi connectivity index (χ4n) is 3.22. The van der Waals surface area contributed by atoms with Crippen molar-refractivity contribution < 1.29 is 13.8 Å². The first-order valence-electron chi connectivity index (χ1n) is 7.99. The third-order valence-electron chi connectivity index (χ3n) is 4.49. The highest BCUT2D eigenvalue weighted by Crippen LogP contribution is 2.32. The van der Waals surface area contributed by atoms with E-state index in [1.807, 2.05) is 25.7 Å². The summed E-state index contributed by atoms with van der Waals surface area (Å²) in [6.45, 7) is 8.24. The highest BCUT2D eigenvalue weighted by atomic mass is 16.5. The number of nitrogens with zero attached hydrogens (tertiary/aromatic N) is 4. The van der Waals surface area contributed by atoms with Crippen LogP contribution in [0.3, 0.4) is 0 Å². The molecule has 2 aromatic heterocycles. The van der Waals surface area contributed by atoms with Gasteiger partial charge in [-0.15, -0.1) is 0 Å². The summed E-state index contributed by atoms with van der Waals surface area (Å²) in [4.78, 5) is 19.0. The van der Waals surface area contributed by atoms with Crippen molar-refractivity contribution in [3.63, 3.8) is 0 Å². The maximum absolute atomic E-state index is 12.9. The minimum atomic E-state index is -0.139. The van der Waals surface area contributed by atoms with Gasteiger partial charge in [-0.05, 0) is 33.1 Å². The Morgan fingerprint density at radius 3 is 2.70 bits per heavy atom. The van der Waals surface area contributed by atoms with Crippen LogP contribution in [-0.4, -0.2) is 32.6 Å². The first-order chi connectivity index (χ1) is 11.0. The highest BCUT2D eigenvalue weighted by molar-refractivity contribution is 5.79. The summed E-state index contributed by atoms with van der Waals surface area (Å²) in [7, 11) is 0. The van der Waals surface area contributed by atoms with Crippen LogP contribution >= 0.6 is 0 Å². The van der Waals surface area contributed by atoms with E-state index >= 15 is 0 Å². The molecule has 0 saturated carbocycles. The monoisotopic (exact) mass is 318 g/mol. The molecule has 1 aliphatic heterocycles. The van der Waals surface area contributed by atoms with E-state index in [-0.39, 0.29) is 17.9 Å². The zero-order chi connectivity index (χ0) is 16.6. The number of aromatic nitrogens is 3. The maximum atomic E-state index is 12.9. The molecule has 2 atom stereocenters. The van der Waals surface area contributed by atoms with E-state index in [0.717, 1.165) is 36.4 Å². The quantitative estimate of drug-likeness (QED) is 0.861. The molecule has 0 unspecified atom stereocenters. The normalized spacial score (nSPS) is 19.3. The van der Waals surface area contributed by atoms with E-state index in [1.165, 1.54) is 0 Å². The van der Waals surface area contributed by atoms with Crippen molar-refractivity contribution in [2.24, 2.45) is 5.92 Å². The number of hydrogen-bond acceptors (Lipinski definition) is 6. The van der Waals surface area contributed by atoms with Gasteiger partial charge >= 0.3 is 0 Å². The van der Waals surface area contributed by atoms with Gasteiger partial charge in [0.25, 0.3) is 0 Å². The molecule has 124 valence electrons. The van der Waals surface area contributed by atoms with Crippen LogP contribution in [-0.2, 0) is 11.2 Å². The van der Waals surface area contributed by atoms with Crippen molar-refractivity contribution in [2.75, 3.05) is 6.54 Å². The molecule has 0 N–H and O–H groups in total. The second-order valence-electron chi connectivity index (χ2n) is 6.27. The zero-order valence-electron chi connectivity index (χ0n) is 14.0. The molecule has 1 amide bonds. The molecular formula is C16H22N4O3. The molecule has 3 rings (SSSR count). The van der Waals surface area contributed by atoms with E-state index in [2.05, 4.69) is 15.3 Å². The molecule has 1 fully saturated rings. The Labute approximate surface area is 135 Å². The molecule has 3 heterocycles. The van der Waals surface area contributed by atoms with Gasteiger partial charge in [0.05, 0.1) is 11.7 Å². The fourth-order valence-corrected chi connectivity index (χ4v) is 3.22. The van der Waals surface area contributed by atoms with Gasteiger partial charge in [-0.1, -0.05) is 17.2 Å². The first-order valence-corrected chi connectivity index (χ1v) is 7.99. The molecule has 0 radical (unpaired) electrons. The average Bonchev–Trinajstić information content (AvgIpc) is 3.22. The van der Waals surface area contributed by atoms with Crippen LogP contribution in [0.25, 0.3) is 0 Å². The van der Waals surface area contributed by atoms with Crippen LogP contribution in [0, 0.1) is 26.7 Å². The Balaban J connectivity index is 1.73. The lowest BCUT2D eigenvalue weighted by atomic mass is 9.98. The van der Waals surface area contributed by atoms with Crippen molar-refractivity contribution >= 4 is 5.91 Å². The summed E-state index contributed by atoms with van der Waals surface area (Å²) in [5.74, 6) is 1.91. The summed E-state index contributed by atoms with van der Waals surface area (Å²) >= 11 is 0. The van der Waals surface area contributed by atoms with Gasteiger partial charge in [-0.3, -0.25) is 4.79 Å². The van der Waals surface area contributed by atoms with E-state index in [1.54, 1.807) is 6.92 Å². The Morgan fingerprint density at radius 1 is 1.30 bits per heavy atom. The van der Waals surface area contributed by atoms with Crippen molar-refractivity contribution in [2.45, 2.75) is 53.0 Å². The second-order valence-corrected chi connectivity index (χ2v) is 6.27. The largest absolute Gasteiger partial charge is 0.361 e. The molecule has 7 heteroatoms. The van der Waals surface area contributed by atoms with E-state index in [4.69, 9.17) is 9.05 Å². The molecule has 1 aliphatic rings. The zero-order valence-corrected chi connectivity index (χ0v) is 14.0. The van der Waals surface area contributed by atoms with Gasteiger partial charge in [0.1, 0.15) is 5.76 Å². The number of amides is 1. The lowest BCUT2D eigenvalue weighted by Gasteiger charge is -2.25. The summed E-state index contributed by atoms with van der Waals surface area (Å²) in [6, 6.07) is -0.0768. The SMILES string of the molecule is Cc1nc([C@H]2CCCN2C(=O)[C@@H](C)Cc2c(C)noc2C)no1. The van der Waals surface area contributed by atoms with Crippen molar-refractivity contribution in [3.05, 3.63) is 28.7 Å². The smallest absolute Gasteiger partial charge is 0.226 e. The third-order valence-corrected chi connectivity index (χ3v) is 4.49. The van der Waals surface area contributed by atoms with Gasteiger partial charge in [0, 0.05) is 24.9 Å². The van der Waals surface area contributed by atoms with Gasteiger partial charge < -0.3 is 13.9 Å². The number of hydrogen-bond donors (Lipinski definition) is 0. The van der Waals surface area contributed by atoms with Gasteiger partial charge in [-0.2, -0.15) is 4.98 Å². The molecule has 0 aromatic carbocycles. The van der Waals surface area contributed by atoms with E-state index in [9.17, 15) is 4.79 Å². The molecule has 7 nitrogen and oxygen atoms in total. The summed E-state index contributed by atoms with van der Waals surface area (Å²) < 4.78 is 10.2. The number of likely N-dealkylation sites (tertiary alicyclic amines) is 1. The Bertz CT molecular complexity index is 686. The van der Waals surface area contributed by atoms with Crippen LogP contribution in [0.15, 0.2) is 9.05 Å². The first kappa shape index (κ1) is 15.7. The van der Waals surface area contributed by atoms with Gasteiger partial charge in [-0.25, -0.2) is 0 Å². The van der Waals surface area contributed by atoms with Crippen molar-refractivity contribution in [1.29, 1.82) is 0 Å². The van der Waals surface area contributed by atoms with Crippen molar-refractivity contribution in [1.82, 2.24) is 20.2 Å². The van der Waals surface area contributed by atoms with Gasteiger partial charge in [0.2, 0.25) is 11.8 Å². The van der Waals surface area contributed by atoms with Crippen LogP contribution < -0.4 is 0 Å². The minimum absolute atomic E-state index is 0.0768. The third kappa shape index (κ3) is 3.00. The molecule has 0 aliphatic carbocycles. The van der Waals surface area contributed by atoms with Gasteiger partial charge in [0.15, 0.2) is 5.82 Å². The van der Waals surface area contributed by atoms with E-state index < -0.39 is 0 Å². The Kier molecular flexibility index (Phi) is 4.19. The number of carbonyl (C=O) groups is 1. The highest BCUT2D eigenvalue weighted by Gasteiger charge is 2.35. The molecule has 1 saturated heterocycles. The summed E-state index contributed by atoms with van der Waals surface area (Å²) in [6.07, 6.45) is 2.47. The van der Waals surface area contributed by atoms with Crippen LogP contribution in [0.5, 0.6) is 0 Å². The van der Waals surface area contributed by atoms with Crippen LogP contribution in [0.4, 0.5) is 0 Å². The predicted molar refractivity (Wildman–Crippen MR) is 81.6 cm³/mol. The van der Waals surface area contributed by atoms with Crippen LogP contribution in [0.2, 0.25) is 0 Å². The lowest BCUT2D eigenvalue weighted by Crippen LogP contribution is -2.36. The average molecular weight is 318 g/mol. The Hall–Kier alpha value is -2.18. The van der Waals surface area contributed by atoms with Crippen molar-refractivity contribution in [3.8, 4) is 0 Å². The summed E-state index contributed by atoms with van der Waals surface area (Å²) in [5.41, 5.74) is 1.88. The fraction of sp³-hybridized carbons (Fsp3) is 0.625. The predicted octanol–water partition coefficient (Wildman–Crippen LogP) is 2.53. The topological polar surface area (TPSA) is 85.3 Å².